The van der Waals surface area contributed by atoms with Gasteiger partial charge in [-0.2, -0.15) is 0 Å². The van der Waals surface area contributed by atoms with Crippen molar-refractivity contribution in [3.8, 4) is 0 Å². The van der Waals surface area contributed by atoms with Crippen LogP contribution in [-0.4, -0.2) is 40.0 Å². The highest BCUT2D eigenvalue weighted by atomic mass is 32.2. The molecule has 0 spiro atoms. The molecule has 0 aromatic carbocycles. The van der Waals surface area contributed by atoms with Crippen molar-refractivity contribution in [1.82, 2.24) is 4.90 Å². The fraction of sp³-hybridized carbons (Fsp3) is 0.500. The number of amides is 1. The highest BCUT2D eigenvalue weighted by Crippen LogP contribution is 2.42. The lowest BCUT2D eigenvalue weighted by atomic mass is 9.95. The van der Waals surface area contributed by atoms with Gasteiger partial charge in [0.2, 0.25) is 5.91 Å². The second-order valence-corrected chi connectivity index (χ2v) is 4.85. The molecule has 0 aliphatic carbocycles. The summed E-state index contributed by atoms with van der Waals surface area (Å²) in [4.78, 5) is 35.6. The van der Waals surface area contributed by atoms with Gasteiger partial charge in [-0.05, 0) is 6.92 Å². The molecule has 1 atom stereocenters. The van der Waals surface area contributed by atoms with E-state index in [1.807, 2.05) is 0 Å². The highest BCUT2D eigenvalue weighted by Gasteiger charge is 2.44. The smallest absolute Gasteiger partial charge is 0.304 e. The maximum absolute atomic E-state index is 11.9. The van der Waals surface area contributed by atoms with Crippen LogP contribution in [0.5, 0.6) is 0 Å². The summed E-state index contributed by atoms with van der Waals surface area (Å²) in [5, 5.41) is 9.41. The molecule has 0 unspecified atom stereocenters. The summed E-state index contributed by atoms with van der Waals surface area (Å²) in [7, 11) is 0. The molecule has 2 heterocycles. The number of carbonyl (C=O) groups excluding carboxylic acids is 2. The largest absolute Gasteiger partial charge is 0.481 e. The molecule has 2 aliphatic heterocycles. The minimum atomic E-state index is -1.05. The first kappa shape index (κ1) is 11.2. The van der Waals surface area contributed by atoms with Crippen LogP contribution >= 0.6 is 11.8 Å². The van der Waals surface area contributed by atoms with Crippen molar-refractivity contribution >= 4 is 29.4 Å². The molecule has 86 valence electrons. The number of rotatable bonds is 3. The lowest BCUT2D eigenvalue weighted by molar-refractivity contribution is -0.141. The van der Waals surface area contributed by atoms with Gasteiger partial charge in [-0.3, -0.25) is 14.4 Å². The molecule has 0 aromatic rings. The Morgan fingerprint density at radius 2 is 2.25 bits per heavy atom. The van der Waals surface area contributed by atoms with E-state index in [0.29, 0.717) is 17.1 Å². The van der Waals surface area contributed by atoms with E-state index in [9.17, 15) is 14.4 Å². The van der Waals surface area contributed by atoms with Crippen molar-refractivity contribution in [2.75, 3.05) is 12.3 Å². The number of fused-ring (bicyclic) bond motifs is 1. The fourth-order valence-electron chi connectivity index (χ4n) is 2.07. The van der Waals surface area contributed by atoms with Crippen LogP contribution in [0.2, 0.25) is 0 Å². The Kier molecular flexibility index (Phi) is 2.75. The molecule has 0 radical (unpaired) electrons. The van der Waals surface area contributed by atoms with Gasteiger partial charge in [0.05, 0.1) is 17.4 Å². The Morgan fingerprint density at radius 1 is 1.56 bits per heavy atom. The molecule has 16 heavy (non-hydrogen) atoms. The number of hydrogen-bond donors (Lipinski definition) is 1. The summed E-state index contributed by atoms with van der Waals surface area (Å²) in [5.41, 5.74) is 0.384. The molecule has 2 rings (SSSR count). The SMILES string of the molecule is CC(=O)C1=C2SCCN2C(=O)[C@@H]1CC(=O)O. The van der Waals surface area contributed by atoms with Crippen molar-refractivity contribution in [2.45, 2.75) is 13.3 Å². The maximum atomic E-state index is 11.9. The van der Waals surface area contributed by atoms with Crippen LogP contribution in [0, 0.1) is 5.92 Å². The molecule has 0 aromatic heterocycles. The van der Waals surface area contributed by atoms with Gasteiger partial charge < -0.3 is 10.0 Å². The summed E-state index contributed by atoms with van der Waals surface area (Å²) in [5.74, 6) is -1.50. The number of aliphatic carboxylic acids is 1. The molecule has 0 saturated carbocycles. The van der Waals surface area contributed by atoms with Gasteiger partial charge in [-0.15, -0.1) is 11.8 Å². The van der Waals surface area contributed by atoms with Crippen LogP contribution in [0.3, 0.4) is 0 Å². The highest BCUT2D eigenvalue weighted by molar-refractivity contribution is 8.03. The Balaban J connectivity index is 2.38. The van der Waals surface area contributed by atoms with Gasteiger partial charge in [0.25, 0.3) is 0 Å². The van der Waals surface area contributed by atoms with Crippen molar-refractivity contribution in [2.24, 2.45) is 5.92 Å². The average molecular weight is 241 g/mol. The number of carboxylic acid groups (broad SMARTS) is 1. The lowest BCUT2D eigenvalue weighted by Gasteiger charge is -2.11. The van der Waals surface area contributed by atoms with E-state index < -0.39 is 11.9 Å². The van der Waals surface area contributed by atoms with E-state index in [1.54, 1.807) is 0 Å². The first-order chi connectivity index (χ1) is 7.52. The van der Waals surface area contributed by atoms with E-state index in [-0.39, 0.29) is 18.1 Å². The number of Topliss-reactive ketones (excluding diaryl/α,β-unsaturated/α-hetero) is 1. The summed E-state index contributed by atoms with van der Waals surface area (Å²) >= 11 is 1.45. The zero-order chi connectivity index (χ0) is 11.9. The van der Waals surface area contributed by atoms with Crippen molar-refractivity contribution in [3.05, 3.63) is 10.6 Å². The average Bonchev–Trinajstić information content (AvgIpc) is 2.70. The molecule has 6 heteroatoms. The zero-order valence-corrected chi connectivity index (χ0v) is 9.54. The predicted molar refractivity (Wildman–Crippen MR) is 57.6 cm³/mol. The third kappa shape index (κ3) is 1.63. The Hall–Kier alpha value is -1.30. The Morgan fingerprint density at radius 3 is 2.81 bits per heavy atom. The summed E-state index contributed by atoms with van der Waals surface area (Å²) < 4.78 is 0. The van der Waals surface area contributed by atoms with Crippen LogP contribution in [-0.2, 0) is 14.4 Å². The Labute approximate surface area is 96.5 Å². The lowest BCUT2D eigenvalue weighted by Crippen LogP contribution is -2.28. The first-order valence-corrected chi connectivity index (χ1v) is 5.92. The molecule has 0 bridgehead atoms. The number of carbonyl (C=O) groups is 3. The number of carboxylic acids is 1. The monoisotopic (exact) mass is 241 g/mol. The minimum Gasteiger partial charge on any atom is -0.481 e. The third-order valence-corrected chi connectivity index (χ3v) is 3.80. The van der Waals surface area contributed by atoms with E-state index in [0.717, 1.165) is 5.75 Å². The summed E-state index contributed by atoms with van der Waals surface area (Å²) in [6, 6.07) is 0. The van der Waals surface area contributed by atoms with Gasteiger partial charge in [-0.25, -0.2) is 0 Å². The quantitative estimate of drug-likeness (QED) is 0.777. The van der Waals surface area contributed by atoms with Gasteiger partial charge in [0.15, 0.2) is 5.78 Å². The van der Waals surface area contributed by atoms with Gasteiger partial charge in [-0.1, -0.05) is 0 Å². The first-order valence-electron chi connectivity index (χ1n) is 4.93. The molecular formula is C10H11NO4S. The van der Waals surface area contributed by atoms with Crippen LogP contribution in [0.1, 0.15) is 13.3 Å². The topological polar surface area (TPSA) is 74.7 Å². The summed E-state index contributed by atoms with van der Waals surface area (Å²) in [6.45, 7) is 1.96. The number of hydrogen-bond acceptors (Lipinski definition) is 4. The van der Waals surface area contributed by atoms with E-state index in [1.165, 1.54) is 23.6 Å². The van der Waals surface area contributed by atoms with E-state index in [4.69, 9.17) is 5.11 Å². The number of ketones is 1. The van der Waals surface area contributed by atoms with E-state index >= 15 is 0 Å². The van der Waals surface area contributed by atoms with Gasteiger partial charge in [0.1, 0.15) is 0 Å². The van der Waals surface area contributed by atoms with Gasteiger partial charge >= 0.3 is 5.97 Å². The molecular weight excluding hydrogens is 230 g/mol. The maximum Gasteiger partial charge on any atom is 0.304 e. The van der Waals surface area contributed by atoms with Crippen molar-refractivity contribution in [3.63, 3.8) is 0 Å². The molecule has 1 saturated heterocycles. The molecule has 1 amide bonds. The van der Waals surface area contributed by atoms with Crippen molar-refractivity contribution < 1.29 is 19.5 Å². The molecule has 5 nitrogen and oxygen atoms in total. The number of nitrogens with zero attached hydrogens (tertiary/aromatic N) is 1. The predicted octanol–water partition coefficient (Wildman–Crippen LogP) is 0.467. The normalized spacial score (nSPS) is 23.9. The summed E-state index contributed by atoms with van der Waals surface area (Å²) in [6.07, 6.45) is -0.297. The van der Waals surface area contributed by atoms with Crippen LogP contribution in [0.25, 0.3) is 0 Å². The molecule has 1 fully saturated rings. The fourth-order valence-corrected chi connectivity index (χ4v) is 3.31. The second-order valence-electron chi connectivity index (χ2n) is 3.76. The van der Waals surface area contributed by atoms with Crippen molar-refractivity contribution in [1.29, 1.82) is 0 Å². The Bertz CT molecular complexity index is 415. The molecule has 1 N–H and O–H groups in total. The van der Waals surface area contributed by atoms with Crippen LogP contribution in [0.15, 0.2) is 10.6 Å². The standard InChI is InChI=1S/C10H11NO4S/c1-5(12)8-6(4-7(13)14)9(15)11-2-3-16-10(8)11/h6H,2-4H2,1H3,(H,13,14)/t6-/m1/s1. The third-order valence-electron chi connectivity index (χ3n) is 2.70. The second kappa shape index (κ2) is 3.93. The molecule has 2 aliphatic rings. The minimum absolute atomic E-state index is 0.202. The van der Waals surface area contributed by atoms with Crippen LogP contribution < -0.4 is 0 Å². The van der Waals surface area contributed by atoms with E-state index in [2.05, 4.69) is 0 Å². The van der Waals surface area contributed by atoms with Gasteiger partial charge in [0, 0.05) is 17.9 Å². The zero-order valence-electron chi connectivity index (χ0n) is 8.73. The van der Waals surface area contributed by atoms with Crippen LogP contribution in [0.4, 0.5) is 0 Å². The number of thioether (sulfide) groups is 1.